The molecular weight excluding hydrogens is 424 g/mol. The zero-order valence-corrected chi connectivity index (χ0v) is 18.8. The average Bonchev–Trinajstić information content (AvgIpc) is 2.79. The number of ether oxygens (including phenoxy) is 1. The molecule has 0 radical (unpaired) electrons. The van der Waals surface area contributed by atoms with E-state index in [0.29, 0.717) is 30.3 Å². The van der Waals surface area contributed by atoms with Gasteiger partial charge in [-0.1, -0.05) is 36.4 Å². The van der Waals surface area contributed by atoms with Gasteiger partial charge in [-0.25, -0.2) is 0 Å². The summed E-state index contributed by atoms with van der Waals surface area (Å²) in [7, 11) is 1.64. The molecule has 0 unspecified atom stereocenters. The molecule has 0 saturated carbocycles. The molecule has 1 aliphatic heterocycles. The van der Waals surface area contributed by atoms with Crippen LogP contribution in [0, 0.1) is 5.41 Å². The van der Waals surface area contributed by atoms with Gasteiger partial charge < -0.3 is 20.8 Å². The van der Waals surface area contributed by atoms with Crippen molar-refractivity contribution < 1.29 is 4.74 Å². The summed E-state index contributed by atoms with van der Waals surface area (Å²) in [6, 6.07) is 16.3. The van der Waals surface area contributed by atoms with Crippen molar-refractivity contribution in [2.75, 3.05) is 30.8 Å². The molecule has 1 saturated heterocycles. The van der Waals surface area contributed by atoms with Crippen LogP contribution in [0.2, 0.25) is 5.28 Å². The van der Waals surface area contributed by atoms with Gasteiger partial charge in [0.1, 0.15) is 17.4 Å². The van der Waals surface area contributed by atoms with E-state index in [1.807, 2.05) is 24.3 Å². The molecule has 32 heavy (non-hydrogen) atoms. The summed E-state index contributed by atoms with van der Waals surface area (Å²) in [5.41, 5.74) is 4.08. The maximum atomic E-state index is 7.88. The van der Waals surface area contributed by atoms with E-state index in [-0.39, 0.29) is 5.28 Å². The molecule has 7 nitrogen and oxygen atoms in total. The van der Waals surface area contributed by atoms with Gasteiger partial charge in [0, 0.05) is 25.8 Å². The molecule has 0 bridgehead atoms. The van der Waals surface area contributed by atoms with Crippen LogP contribution in [-0.4, -0.2) is 41.3 Å². The number of halogens is 1. The number of nitrogens with one attached hydrogen (secondary N) is 3. The molecule has 3 N–H and O–H groups in total. The lowest BCUT2D eigenvalue weighted by Gasteiger charge is -2.30. The van der Waals surface area contributed by atoms with Crippen LogP contribution in [0.1, 0.15) is 28.7 Å². The standard InChI is InChI=1S/C24H27ClN6O/c1-32-20-9-7-18(8-10-20)15-28-23-21(13-26)22(29-24(25)30-23)27-14-17-3-5-19(6-4-17)16-31-11-2-12-31/h3-10,13,26H,2,11-12,14-16H2,1H3,(H2,27,28,29,30). The van der Waals surface area contributed by atoms with Gasteiger partial charge in [-0.05, 0) is 59.9 Å². The number of benzene rings is 2. The van der Waals surface area contributed by atoms with E-state index in [1.54, 1.807) is 7.11 Å². The molecule has 0 aliphatic carbocycles. The van der Waals surface area contributed by atoms with E-state index in [2.05, 4.69) is 49.8 Å². The molecule has 4 rings (SSSR count). The van der Waals surface area contributed by atoms with Gasteiger partial charge in [0.25, 0.3) is 0 Å². The summed E-state index contributed by atoms with van der Waals surface area (Å²) in [5, 5.41) is 14.6. The van der Waals surface area contributed by atoms with Gasteiger partial charge in [0.15, 0.2) is 0 Å². The summed E-state index contributed by atoms with van der Waals surface area (Å²) >= 11 is 6.17. The van der Waals surface area contributed by atoms with E-state index in [0.717, 1.165) is 23.4 Å². The van der Waals surface area contributed by atoms with E-state index in [9.17, 15) is 0 Å². The number of likely N-dealkylation sites (tertiary alicyclic amines) is 1. The third-order valence-corrected chi connectivity index (χ3v) is 5.69. The smallest absolute Gasteiger partial charge is 0.226 e. The lowest BCUT2D eigenvalue weighted by Crippen LogP contribution is -2.36. The van der Waals surface area contributed by atoms with Gasteiger partial charge in [-0.2, -0.15) is 9.97 Å². The van der Waals surface area contributed by atoms with Gasteiger partial charge >= 0.3 is 0 Å². The molecular formula is C24H27ClN6O. The number of nitrogens with zero attached hydrogens (tertiary/aromatic N) is 3. The Bertz CT molecular complexity index is 1050. The van der Waals surface area contributed by atoms with E-state index in [4.69, 9.17) is 21.7 Å². The summed E-state index contributed by atoms with van der Waals surface area (Å²) < 4.78 is 5.20. The molecule has 166 valence electrons. The number of anilines is 2. The predicted molar refractivity (Wildman–Crippen MR) is 129 cm³/mol. The van der Waals surface area contributed by atoms with Gasteiger partial charge in [-0.15, -0.1) is 0 Å². The largest absolute Gasteiger partial charge is 0.497 e. The Hall–Kier alpha value is -3.16. The topological polar surface area (TPSA) is 86.2 Å². The van der Waals surface area contributed by atoms with Gasteiger partial charge in [0.2, 0.25) is 5.28 Å². The second-order valence-corrected chi connectivity index (χ2v) is 8.09. The van der Waals surface area contributed by atoms with Crippen LogP contribution in [0.4, 0.5) is 11.6 Å². The van der Waals surface area contributed by atoms with Crippen LogP contribution in [0.5, 0.6) is 5.75 Å². The SMILES string of the molecule is COc1ccc(CNc2nc(Cl)nc(NCc3ccc(CN4CCC4)cc3)c2C=N)cc1. The second kappa shape index (κ2) is 10.4. The molecule has 2 aromatic carbocycles. The van der Waals surface area contributed by atoms with Crippen LogP contribution in [-0.2, 0) is 19.6 Å². The molecule has 0 spiro atoms. The second-order valence-electron chi connectivity index (χ2n) is 7.75. The van der Waals surface area contributed by atoms with Gasteiger partial charge in [-0.3, -0.25) is 4.90 Å². The zero-order chi connectivity index (χ0) is 22.3. The monoisotopic (exact) mass is 450 g/mol. The predicted octanol–water partition coefficient (Wildman–Crippen LogP) is 4.57. The molecule has 2 heterocycles. The molecule has 8 heteroatoms. The maximum Gasteiger partial charge on any atom is 0.226 e. The fraction of sp³-hybridized carbons (Fsp3) is 0.292. The van der Waals surface area contributed by atoms with Crippen LogP contribution in [0.3, 0.4) is 0 Å². The van der Waals surface area contributed by atoms with Crippen LogP contribution < -0.4 is 15.4 Å². The van der Waals surface area contributed by atoms with Crippen molar-refractivity contribution in [3.05, 3.63) is 76.1 Å². The molecule has 1 aliphatic rings. The summed E-state index contributed by atoms with van der Waals surface area (Å²) in [6.07, 6.45) is 2.54. The van der Waals surface area contributed by atoms with Crippen molar-refractivity contribution in [2.24, 2.45) is 0 Å². The Morgan fingerprint density at radius 3 is 1.94 bits per heavy atom. The van der Waals surface area contributed by atoms with Crippen LogP contribution in [0.25, 0.3) is 0 Å². The van der Waals surface area contributed by atoms with Crippen molar-refractivity contribution in [3.63, 3.8) is 0 Å². The van der Waals surface area contributed by atoms with E-state index in [1.165, 1.54) is 31.3 Å². The molecule has 1 aromatic heterocycles. The summed E-state index contributed by atoms with van der Waals surface area (Å²) in [4.78, 5) is 11.0. The molecule has 0 amide bonds. The number of methoxy groups -OCH3 is 1. The van der Waals surface area contributed by atoms with E-state index >= 15 is 0 Å². The highest BCUT2D eigenvalue weighted by molar-refractivity contribution is 6.28. The first-order valence-corrected chi connectivity index (χ1v) is 11.0. The van der Waals surface area contributed by atoms with Crippen molar-refractivity contribution in [1.29, 1.82) is 5.41 Å². The highest BCUT2D eigenvalue weighted by Gasteiger charge is 2.14. The number of rotatable bonds is 10. The highest BCUT2D eigenvalue weighted by atomic mass is 35.5. The summed E-state index contributed by atoms with van der Waals surface area (Å²) in [5.74, 6) is 1.85. The average molecular weight is 451 g/mol. The normalized spacial score (nSPS) is 13.3. The highest BCUT2D eigenvalue weighted by Crippen LogP contribution is 2.23. The van der Waals surface area contributed by atoms with Crippen molar-refractivity contribution in [1.82, 2.24) is 14.9 Å². The molecule has 3 aromatic rings. The lowest BCUT2D eigenvalue weighted by atomic mass is 10.1. The Morgan fingerprint density at radius 1 is 0.938 bits per heavy atom. The van der Waals surface area contributed by atoms with Crippen LogP contribution in [0.15, 0.2) is 48.5 Å². The fourth-order valence-electron chi connectivity index (χ4n) is 3.52. The Kier molecular flexibility index (Phi) is 7.19. The third-order valence-electron chi connectivity index (χ3n) is 5.52. The number of hydrogen-bond donors (Lipinski definition) is 3. The first-order chi connectivity index (χ1) is 15.6. The quantitative estimate of drug-likeness (QED) is 0.310. The maximum absolute atomic E-state index is 7.88. The minimum atomic E-state index is 0.125. The first kappa shape index (κ1) is 22.0. The zero-order valence-electron chi connectivity index (χ0n) is 18.1. The van der Waals surface area contributed by atoms with Crippen LogP contribution >= 0.6 is 11.6 Å². The molecule has 1 fully saturated rings. The van der Waals surface area contributed by atoms with Gasteiger partial charge in [0.05, 0.1) is 12.7 Å². The fourth-order valence-corrected chi connectivity index (χ4v) is 3.69. The Balaban J connectivity index is 1.41. The minimum Gasteiger partial charge on any atom is -0.497 e. The van der Waals surface area contributed by atoms with E-state index < -0.39 is 0 Å². The lowest BCUT2D eigenvalue weighted by molar-refractivity contribution is 0.172. The third kappa shape index (κ3) is 5.55. The first-order valence-electron chi connectivity index (χ1n) is 10.6. The number of aromatic nitrogens is 2. The number of hydrogen-bond acceptors (Lipinski definition) is 7. The minimum absolute atomic E-state index is 0.125. The Morgan fingerprint density at radius 2 is 1.47 bits per heavy atom. The molecule has 0 atom stereocenters. The Labute approximate surface area is 193 Å². The van der Waals surface area contributed by atoms with Crippen molar-refractivity contribution in [2.45, 2.75) is 26.1 Å². The van der Waals surface area contributed by atoms with Crippen molar-refractivity contribution >= 4 is 29.5 Å². The van der Waals surface area contributed by atoms with Crippen molar-refractivity contribution in [3.8, 4) is 5.75 Å². The summed E-state index contributed by atoms with van der Waals surface area (Å²) in [6.45, 7) is 4.51.